The second-order valence-electron chi connectivity index (χ2n) is 6.23. The smallest absolute Gasteiger partial charge is 0.331 e. The molecular formula is C22H21NO3S. The van der Waals surface area contributed by atoms with E-state index in [1.165, 1.54) is 11.0 Å². The van der Waals surface area contributed by atoms with Crippen molar-refractivity contribution in [1.29, 1.82) is 0 Å². The van der Waals surface area contributed by atoms with Gasteiger partial charge in [-0.05, 0) is 43.0 Å². The standard InChI is InChI=1S/C22H21NO3S/c1-16-13-20(17(2)23(16)14-19-9-6-12-27-19)21(24)15-26-22(25)11-10-18-7-4-3-5-8-18/h3-13H,14-15H2,1-2H3/b11-10+. The van der Waals surface area contributed by atoms with Crippen LogP contribution in [0.1, 0.15) is 32.2 Å². The van der Waals surface area contributed by atoms with E-state index < -0.39 is 5.97 Å². The number of ether oxygens (including phenoxy) is 1. The molecule has 5 heteroatoms. The normalized spacial score (nSPS) is 11.0. The summed E-state index contributed by atoms with van der Waals surface area (Å²) in [6.45, 7) is 4.38. The molecule has 0 radical (unpaired) electrons. The molecule has 2 heterocycles. The summed E-state index contributed by atoms with van der Waals surface area (Å²) < 4.78 is 7.21. The molecule has 3 rings (SSSR count). The minimum Gasteiger partial charge on any atom is -0.454 e. The third kappa shape index (κ3) is 4.83. The third-order valence-electron chi connectivity index (χ3n) is 4.33. The number of hydrogen-bond acceptors (Lipinski definition) is 4. The summed E-state index contributed by atoms with van der Waals surface area (Å²) in [7, 11) is 0. The number of carbonyl (C=O) groups excluding carboxylic acids is 2. The highest BCUT2D eigenvalue weighted by Crippen LogP contribution is 2.19. The lowest BCUT2D eigenvalue weighted by atomic mass is 10.1. The molecule has 0 saturated carbocycles. The van der Waals surface area contributed by atoms with Crippen LogP contribution in [0.5, 0.6) is 0 Å². The molecule has 0 amide bonds. The minimum absolute atomic E-state index is 0.193. The highest BCUT2D eigenvalue weighted by atomic mass is 32.1. The van der Waals surface area contributed by atoms with Gasteiger partial charge in [-0.1, -0.05) is 36.4 Å². The monoisotopic (exact) mass is 379 g/mol. The molecule has 0 N–H and O–H groups in total. The Bertz CT molecular complexity index is 953. The van der Waals surface area contributed by atoms with E-state index in [0.29, 0.717) is 5.56 Å². The number of aromatic nitrogens is 1. The van der Waals surface area contributed by atoms with Gasteiger partial charge in [0, 0.05) is 27.9 Å². The van der Waals surface area contributed by atoms with Gasteiger partial charge in [0.25, 0.3) is 0 Å². The Morgan fingerprint density at radius 2 is 1.89 bits per heavy atom. The van der Waals surface area contributed by atoms with Crippen molar-refractivity contribution in [3.63, 3.8) is 0 Å². The lowest BCUT2D eigenvalue weighted by Crippen LogP contribution is -2.13. The zero-order chi connectivity index (χ0) is 19.2. The fourth-order valence-electron chi connectivity index (χ4n) is 2.88. The predicted molar refractivity (Wildman–Crippen MR) is 108 cm³/mol. The SMILES string of the molecule is Cc1cc(C(=O)COC(=O)/C=C/c2ccccc2)c(C)n1Cc1cccs1. The summed E-state index contributed by atoms with van der Waals surface area (Å²) in [5.41, 5.74) is 3.41. The second kappa shape index (κ2) is 8.64. The van der Waals surface area contributed by atoms with Gasteiger partial charge < -0.3 is 9.30 Å². The molecule has 0 fully saturated rings. The molecular weight excluding hydrogens is 358 g/mol. The maximum absolute atomic E-state index is 12.5. The fourth-order valence-corrected chi connectivity index (χ4v) is 3.57. The topological polar surface area (TPSA) is 48.3 Å². The Hall–Kier alpha value is -2.92. The van der Waals surface area contributed by atoms with Crippen LogP contribution in [-0.2, 0) is 16.1 Å². The molecule has 0 unspecified atom stereocenters. The molecule has 138 valence electrons. The Kier molecular flexibility index (Phi) is 6.04. The summed E-state index contributed by atoms with van der Waals surface area (Å²) in [5.74, 6) is -0.721. The highest BCUT2D eigenvalue weighted by molar-refractivity contribution is 7.09. The van der Waals surface area contributed by atoms with Gasteiger partial charge in [-0.3, -0.25) is 4.79 Å². The lowest BCUT2D eigenvalue weighted by Gasteiger charge is -2.08. The Balaban J connectivity index is 1.61. The number of thiophene rings is 1. The number of esters is 1. The van der Waals surface area contributed by atoms with Crippen LogP contribution in [0.2, 0.25) is 0 Å². The second-order valence-corrected chi connectivity index (χ2v) is 7.26. The number of aryl methyl sites for hydroxylation is 1. The van der Waals surface area contributed by atoms with Crippen molar-refractivity contribution in [3.8, 4) is 0 Å². The number of ketones is 1. The summed E-state index contributed by atoms with van der Waals surface area (Å²) in [6, 6.07) is 15.4. The van der Waals surface area contributed by atoms with Gasteiger partial charge in [-0.25, -0.2) is 4.79 Å². The molecule has 2 aromatic heterocycles. The fraction of sp³-hybridized carbons (Fsp3) is 0.182. The molecule has 0 aliphatic heterocycles. The number of carbonyl (C=O) groups is 2. The van der Waals surface area contributed by atoms with Crippen LogP contribution in [-0.4, -0.2) is 22.9 Å². The van der Waals surface area contributed by atoms with Crippen molar-refractivity contribution in [2.75, 3.05) is 6.61 Å². The van der Waals surface area contributed by atoms with Crippen LogP contribution >= 0.6 is 11.3 Å². The number of Topliss-reactive ketones (excluding diaryl/α,β-unsaturated/α-hetero) is 1. The van der Waals surface area contributed by atoms with Gasteiger partial charge in [0.1, 0.15) is 0 Å². The molecule has 4 nitrogen and oxygen atoms in total. The minimum atomic E-state index is -0.528. The van der Waals surface area contributed by atoms with E-state index in [1.807, 2.05) is 61.7 Å². The van der Waals surface area contributed by atoms with Crippen molar-refractivity contribution in [3.05, 3.63) is 87.4 Å². The van der Waals surface area contributed by atoms with Gasteiger partial charge >= 0.3 is 5.97 Å². The summed E-state index contributed by atoms with van der Waals surface area (Å²) in [5, 5.41) is 2.04. The van der Waals surface area contributed by atoms with E-state index in [9.17, 15) is 9.59 Å². The van der Waals surface area contributed by atoms with E-state index >= 15 is 0 Å². The van der Waals surface area contributed by atoms with Crippen LogP contribution in [0, 0.1) is 13.8 Å². The Morgan fingerprint density at radius 3 is 2.59 bits per heavy atom. The zero-order valence-electron chi connectivity index (χ0n) is 15.3. The van der Waals surface area contributed by atoms with Crippen molar-refractivity contribution < 1.29 is 14.3 Å². The van der Waals surface area contributed by atoms with Gasteiger partial charge in [0.15, 0.2) is 6.61 Å². The molecule has 0 aliphatic rings. The maximum Gasteiger partial charge on any atom is 0.331 e. The van der Waals surface area contributed by atoms with Crippen LogP contribution < -0.4 is 0 Å². The number of rotatable bonds is 7. The van der Waals surface area contributed by atoms with Crippen LogP contribution in [0.4, 0.5) is 0 Å². The summed E-state index contributed by atoms with van der Waals surface area (Å²) >= 11 is 1.69. The summed E-state index contributed by atoms with van der Waals surface area (Å²) in [6.07, 6.45) is 3.00. The average molecular weight is 379 g/mol. The van der Waals surface area contributed by atoms with Gasteiger partial charge in [0.2, 0.25) is 5.78 Å². The van der Waals surface area contributed by atoms with Crippen molar-refractivity contribution in [2.45, 2.75) is 20.4 Å². The lowest BCUT2D eigenvalue weighted by molar-refractivity contribution is -0.136. The highest BCUT2D eigenvalue weighted by Gasteiger charge is 2.17. The predicted octanol–water partition coefficient (Wildman–Crippen LogP) is 4.65. The number of benzene rings is 1. The third-order valence-corrected chi connectivity index (χ3v) is 5.19. The van der Waals surface area contributed by atoms with E-state index in [4.69, 9.17) is 4.74 Å². The zero-order valence-corrected chi connectivity index (χ0v) is 16.2. The van der Waals surface area contributed by atoms with Gasteiger partial charge in [0.05, 0.1) is 6.54 Å². The molecule has 0 spiro atoms. The van der Waals surface area contributed by atoms with Crippen LogP contribution in [0.25, 0.3) is 6.08 Å². The van der Waals surface area contributed by atoms with E-state index in [0.717, 1.165) is 23.5 Å². The largest absolute Gasteiger partial charge is 0.454 e. The first-order valence-corrected chi connectivity index (χ1v) is 9.55. The molecule has 0 bridgehead atoms. The van der Waals surface area contributed by atoms with E-state index in [1.54, 1.807) is 17.4 Å². The average Bonchev–Trinajstić information content (AvgIpc) is 3.29. The van der Waals surface area contributed by atoms with Crippen LogP contribution in [0.15, 0.2) is 60.0 Å². The van der Waals surface area contributed by atoms with Gasteiger partial charge in [-0.15, -0.1) is 11.3 Å². The molecule has 0 aliphatic carbocycles. The Labute approximate surface area is 162 Å². The maximum atomic E-state index is 12.5. The first kappa shape index (κ1) is 18.9. The molecule has 3 aromatic rings. The molecule has 1 aromatic carbocycles. The van der Waals surface area contributed by atoms with Crippen molar-refractivity contribution in [1.82, 2.24) is 4.57 Å². The van der Waals surface area contributed by atoms with Crippen molar-refractivity contribution >= 4 is 29.2 Å². The number of hydrogen-bond donors (Lipinski definition) is 0. The summed E-state index contributed by atoms with van der Waals surface area (Å²) in [4.78, 5) is 25.6. The molecule has 0 atom stereocenters. The van der Waals surface area contributed by atoms with Crippen molar-refractivity contribution in [2.24, 2.45) is 0 Å². The van der Waals surface area contributed by atoms with E-state index in [-0.39, 0.29) is 12.4 Å². The Morgan fingerprint density at radius 1 is 1.11 bits per heavy atom. The number of nitrogens with zero attached hydrogens (tertiary/aromatic N) is 1. The molecule has 27 heavy (non-hydrogen) atoms. The van der Waals surface area contributed by atoms with Crippen LogP contribution in [0.3, 0.4) is 0 Å². The van der Waals surface area contributed by atoms with E-state index in [2.05, 4.69) is 10.6 Å². The quantitative estimate of drug-likeness (QED) is 0.341. The first-order chi connectivity index (χ1) is 13.0. The molecule has 0 saturated heterocycles. The van der Waals surface area contributed by atoms with Gasteiger partial charge in [-0.2, -0.15) is 0 Å². The first-order valence-electron chi connectivity index (χ1n) is 8.67.